The van der Waals surface area contributed by atoms with Crippen LogP contribution in [0.3, 0.4) is 0 Å². The summed E-state index contributed by atoms with van der Waals surface area (Å²) in [6.45, 7) is 2.71. The van der Waals surface area contributed by atoms with Gasteiger partial charge in [0.25, 0.3) is 0 Å². The molecule has 1 aromatic heterocycles. The average molecular weight is 386 g/mol. The molecule has 2 fully saturated rings. The van der Waals surface area contributed by atoms with Crippen LogP contribution in [-0.4, -0.2) is 47.1 Å². The lowest BCUT2D eigenvalue weighted by Crippen LogP contribution is -2.52. The Morgan fingerprint density at radius 3 is 2.67 bits per heavy atom. The van der Waals surface area contributed by atoms with Crippen molar-refractivity contribution in [2.45, 2.75) is 37.0 Å². The van der Waals surface area contributed by atoms with Crippen LogP contribution >= 0.6 is 11.6 Å². The summed E-state index contributed by atoms with van der Waals surface area (Å²) in [5.74, 6) is 0.459. The fourth-order valence-corrected chi connectivity index (χ4v) is 4.47. The van der Waals surface area contributed by atoms with Gasteiger partial charge in [0.05, 0.1) is 11.1 Å². The van der Waals surface area contributed by atoms with E-state index in [1.807, 2.05) is 35.4 Å². The maximum absolute atomic E-state index is 13.7. The number of carbonyl (C=O) groups is 1. The molecule has 1 aromatic carbocycles. The van der Waals surface area contributed by atoms with Crippen LogP contribution in [0.25, 0.3) is 0 Å². The first-order valence-electron chi connectivity index (χ1n) is 9.58. The molecule has 3 heterocycles. The molecule has 0 radical (unpaired) electrons. The third-order valence-electron chi connectivity index (χ3n) is 5.86. The lowest BCUT2D eigenvalue weighted by atomic mass is 9.72. The molecule has 142 valence electrons. The second kappa shape index (κ2) is 7.95. The van der Waals surface area contributed by atoms with E-state index >= 15 is 0 Å². The number of benzene rings is 1. The zero-order valence-corrected chi connectivity index (χ0v) is 16.1. The topological polar surface area (TPSA) is 55.3 Å². The number of nitrogens with zero attached hydrogens (tertiary/aromatic N) is 3. The maximum Gasteiger partial charge on any atom is 0.233 e. The Bertz CT molecular complexity index is 776. The second-order valence-electron chi connectivity index (χ2n) is 7.42. The van der Waals surface area contributed by atoms with Gasteiger partial charge in [0.2, 0.25) is 5.91 Å². The highest BCUT2D eigenvalue weighted by Crippen LogP contribution is 2.39. The quantitative estimate of drug-likeness (QED) is 0.810. The SMILES string of the molecule is O=C(N1CCC[C@@H](c2cnccn2)C1)C1(c2ccc(Cl)cc2)CCOCC1. The predicted octanol–water partition coefficient (Wildman–Crippen LogP) is 3.58. The van der Waals surface area contributed by atoms with Gasteiger partial charge in [0.15, 0.2) is 0 Å². The molecule has 0 N–H and O–H groups in total. The molecule has 1 atom stereocenters. The van der Waals surface area contributed by atoms with Gasteiger partial charge < -0.3 is 9.64 Å². The summed E-state index contributed by atoms with van der Waals surface area (Å²) in [6.07, 6.45) is 8.68. The van der Waals surface area contributed by atoms with Gasteiger partial charge in [-0.25, -0.2) is 0 Å². The van der Waals surface area contributed by atoms with Crippen LogP contribution < -0.4 is 0 Å². The summed E-state index contributed by atoms with van der Waals surface area (Å²) in [7, 11) is 0. The molecule has 2 aromatic rings. The average Bonchev–Trinajstić information content (AvgIpc) is 2.75. The Morgan fingerprint density at radius 1 is 1.19 bits per heavy atom. The van der Waals surface area contributed by atoms with Gasteiger partial charge in [-0.05, 0) is 43.4 Å². The van der Waals surface area contributed by atoms with E-state index in [-0.39, 0.29) is 11.8 Å². The molecule has 6 heteroatoms. The number of aromatic nitrogens is 2. The van der Waals surface area contributed by atoms with E-state index in [0.717, 1.165) is 30.6 Å². The molecule has 2 saturated heterocycles. The molecule has 4 rings (SSSR count). The van der Waals surface area contributed by atoms with Crippen molar-refractivity contribution in [1.29, 1.82) is 0 Å². The van der Waals surface area contributed by atoms with Crippen LogP contribution in [0.5, 0.6) is 0 Å². The fourth-order valence-electron chi connectivity index (χ4n) is 4.34. The third-order valence-corrected chi connectivity index (χ3v) is 6.11. The summed E-state index contributed by atoms with van der Waals surface area (Å²) in [6, 6.07) is 7.74. The van der Waals surface area contributed by atoms with Crippen molar-refractivity contribution in [2.75, 3.05) is 26.3 Å². The summed E-state index contributed by atoms with van der Waals surface area (Å²) in [5.41, 5.74) is 1.50. The van der Waals surface area contributed by atoms with Gasteiger partial charge in [-0.2, -0.15) is 0 Å². The summed E-state index contributed by atoms with van der Waals surface area (Å²) in [4.78, 5) is 24.4. The van der Waals surface area contributed by atoms with E-state index in [1.165, 1.54) is 0 Å². The van der Waals surface area contributed by atoms with Crippen molar-refractivity contribution in [1.82, 2.24) is 14.9 Å². The van der Waals surface area contributed by atoms with E-state index in [1.54, 1.807) is 12.4 Å². The summed E-state index contributed by atoms with van der Waals surface area (Å²) >= 11 is 6.08. The highest BCUT2D eigenvalue weighted by Gasteiger charge is 2.45. The minimum absolute atomic E-state index is 0.210. The first kappa shape index (κ1) is 18.4. The molecule has 5 nitrogen and oxygen atoms in total. The smallest absolute Gasteiger partial charge is 0.233 e. The normalized spacial score (nSPS) is 22.4. The Labute approximate surface area is 164 Å². The molecule has 0 spiro atoms. The van der Waals surface area contributed by atoms with Crippen LogP contribution in [0, 0.1) is 0 Å². The van der Waals surface area contributed by atoms with Crippen molar-refractivity contribution in [3.05, 3.63) is 59.1 Å². The lowest BCUT2D eigenvalue weighted by Gasteiger charge is -2.42. The molecule has 2 aliphatic heterocycles. The van der Waals surface area contributed by atoms with Gasteiger partial charge >= 0.3 is 0 Å². The van der Waals surface area contributed by atoms with Gasteiger partial charge in [-0.15, -0.1) is 0 Å². The first-order valence-corrected chi connectivity index (χ1v) is 9.96. The minimum Gasteiger partial charge on any atom is -0.381 e. The molecule has 0 unspecified atom stereocenters. The van der Waals surface area contributed by atoms with Crippen LogP contribution in [-0.2, 0) is 14.9 Å². The Morgan fingerprint density at radius 2 is 1.96 bits per heavy atom. The minimum atomic E-state index is -0.521. The van der Waals surface area contributed by atoms with E-state index in [0.29, 0.717) is 37.6 Å². The largest absolute Gasteiger partial charge is 0.381 e. The maximum atomic E-state index is 13.7. The number of carbonyl (C=O) groups excluding carboxylic acids is 1. The van der Waals surface area contributed by atoms with E-state index in [2.05, 4.69) is 9.97 Å². The van der Waals surface area contributed by atoms with Crippen LogP contribution in [0.4, 0.5) is 0 Å². The van der Waals surface area contributed by atoms with Crippen molar-refractivity contribution in [3.8, 4) is 0 Å². The first-order chi connectivity index (χ1) is 13.2. The standard InChI is InChI=1S/C21H24ClN3O2/c22-18-5-3-17(4-6-18)21(7-12-27-13-8-21)20(26)25-11-1-2-16(15-25)19-14-23-9-10-24-19/h3-6,9-10,14,16H,1-2,7-8,11-13,15H2/t16-/m1/s1. The number of ether oxygens (including phenoxy) is 1. The van der Waals surface area contributed by atoms with E-state index in [9.17, 15) is 4.79 Å². The predicted molar refractivity (Wildman–Crippen MR) is 104 cm³/mol. The molecule has 27 heavy (non-hydrogen) atoms. The van der Waals surface area contributed by atoms with Crippen LogP contribution in [0.1, 0.15) is 42.9 Å². The molecule has 1 amide bonds. The van der Waals surface area contributed by atoms with Crippen molar-refractivity contribution in [2.24, 2.45) is 0 Å². The van der Waals surface area contributed by atoms with Crippen molar-refractivity contribution >= 4 is 17.5 Å². The Hall–Kier alpha value is -1.98. The molecule has 0 aliphatic carbocycles. The van der Waals surface area contributed by atoms with Crippen LogP contribution in [0.2, 0.25) is 5.02 Å². The Kier molecular flexibility index (Phi) is 5.41. The summed E-state index contributed by atoms with van der Waals surface area (Å²) < 4.78 is 5.58. The zero-order valence-electron chi connectivity index (χ0n) is 15.3. The highest BCUT2D eigenvalue weighted by molar-refractivity contribution is 6.30. The molecular formula is C21H24ClN3O2. The van der Waals surface area contributed by atoms with E-state index in [4.69, 9.17) is 16.3 Å². The van der Waals surface area contributed by atoms with Gasteiger partial charge in [0, 0.05) is 55.8 Å². The lowest BCUT2D eigenvalue weighted by molar-refractivity contribution is -0.142. The second-order valence-corrected chi connectivity index (χ2v) is 7.86. The van der Waals surface area contributed by atoms with Gasteiger partial charge in [0.1, 0.15) is 0 Å². The molecular weight excluding hydrogens is 362 g/mol. The fraction of sp³-hybridized carbons (Fsp3) is 0.476. The van der Waals surface area contributed by atoms with Crippen molar-refractivity contribution < 1.29 is 9.53 Å². The zero-order chi connectivity index (χ0) is 18.7. The number of piperidine rings is 1. The Balaban J connectivity index is 1.60. The van der Waals surface area contributed by atoms with E-state index < -0.39 is 5.41 Å². The van der Waals surface area contributed by atoms with Crippen LogP contribution in [0.15, 0.2) is 42.9 Å². The van der Waals surface area contributed by atoms with Gasteiger partial charge in [-0.3, -0.25) is 14.8 Å². The number of halogens is 1. The summed E-state index contributed by atoms with van der Waals surface area (Å²) in [5, 5.41) is 0.689. The molecule has 2 aliphatic rings. The van der Waals surface area contributed by atoms with Crippen molar-refractivity contribution in [3.63, 3.8) is 0 Å². The highest BCUT2D eigenvalue weighted by atomic mass is 35.5. The number of rotatable bonds is 3. The van der Waals surface area contributed by atoms with Gasteiger partial charge in [-0.1, -0.05) is 23.7 Å². The number of likely N-dealkylation sites (tertiary alicyclic amines) is 1. The number of hydrogen-bond donors (Lipinski definition) is 0. The molecule has 0 saturated carbocycles. The third kappa shape index (κ3) is 3.71. The monoisotopic (exact) mass is 385 g/mol. The molecule has 0 bridgehead atoms. The number of amides is 1. The number of hydrogen-bond acceptors (Lipinski definition) is 4.